The average Bonchev–Trinajstić information content (AvgIpc) is 3.20. The predicted molar refractivity (Wildman–Crippen MR) is 208 cm³/mol. The zero-order chi connectivity index (χ0) is 42.7. The number of ether oxygens (including phenoxy) is 3. The molecule has 4 aromatic carbocycles. The molecule has 0 bridgehead atoms. The van der Waals surface area contributed by atoms with Crippen LogP contribution in [0.5, 0.6) is 11.5 Å². The third kappa shape index (κ3) is 9.45. The van der Waals surface area contributed by atoms with E-state index in [1.54, 1.807) is 0 Å². The number of alkyl halides is 3. The minimum absolute atomic E-state index is 0.0873. The number of piperidine rings is 1. The number of esters is 1. The van der Waals surface area contributed by atoms with Gasteiger partial charge >= 0.3 is 11.5 Å². The van der Waals surface area contributed by atoms with Gasteiger partial charge in [0, 0.05) is 37.8 Å². The molecule has 3 amide bonds. The number of nitrogens with zero attached hydrogens (tertiary/aromatic N) is 1. The SMILES string of the molecule is COc1cc(F)c(O[C@H]2CC[C@@](C)(C(=O)OCc3cccc4ccccc34)CC2)cc1C(=O)N[C@@H]1CCN(C(C)=O)C[C@@H]1C(=O)Nc1cccc(S(=O)(=O)C(F)(F)F)c1. The van der Waals surface area contributed by atoms with Crippen LogP contribution in [0.3, 0.4) is 0 Å². The summed E-state index contributed by atoms with van der Waals surface area (Å²) >= 11 is 0. The smallest absolute Gasteiger partial charge is 0.496 e. The summed E-state index contributed by atoms with van der Waals surface area (Å²) < 4.78 is 96.1. The Kier molecular flexibility index (Phi) is 12.5. The van der Waals surface area contributed by atoms with Crippen molar-refractivity contribution in [3.05, 3.63) is 95.8 Å². The van der Waals surface area contributed by atoms with E-state index in [1.165, 1.54) is 31.1 Å². The average molecular weight is 842 g/mol. The summed E-state index contributed by atoms with van der Waals surface area (Å²) in [5.74, 6) is -4.61. The molecule has 1 heterocycles. The van der Waals surface area contributed by atoms with Gasteiger partial charge in [0.25, 0.3) is 15.7 Å². The number of likely N-dealkylation sites (tertiary alicyclic amines) is 1. The quantitative estimate of drug-likeness (QED) is 0.120. The molecule has 1 saturated heterocycles. The topological polar surface area (TPSA) is 157 Å². The van der Waals surface area contributed by atoms with Gasteiger partial charge in [0.2, 0.25) is 11.8 Å². The van der Waals surface area contributed by atoms with Crippen molar-refractivity contribution >= 4 is 50.0 Å². The summed E-state index contributed by atoms with van der Waals surface area (Å²) in [6.45, 7) is 3.20. The van der Waals surface area contributed by atoms with Crippen molar-refractivity contribution in [1.82, 2.24) is 10.2 Å². The van der Waals surface area contributed by atoms with Crippen LogP contribution in [0.4, 0.5) is 23.2 Å². The molecule has 1 aliphatic carbocycles. The van der Waals surface area contributed by atoms with Crippen molar-refractivity contribution < 1.29 is 59.4 Å². The second-order valence-corrected chi connectivity index (χ2v) is 16.9. The second kappa shape index (κ2) is 17.3. The highest BCUT2D eigenvalue weighted by Crippen LogP contribution is 2.40. The molecule has 0 aromatic heterocycles. The predicted octanol–water partition coefficient (Wildman–Crippen LogP) is 6.96. The van der Waals surface area contributed by atoms with Crippen LogP contribution in [0, 0.1) is 17.2 Å². The molecule has 314 valence electrons. The Labute approximate surface area is 338 Å². The van der Waals surface area contributed by atoms with Crippen molar-refractivity contribution in [3.8, 4) is 11.5 Å². The van der Waals surface area contributed by atoms with Crippen molar-refractivity contribution in [1.29, 1.82) is 0 Å². The molecular weight excluding hydrogens is 799 g/mol. The van der Waals surface area contributed by atoms with Gasteiger partial charge in [-0.25, -0.2) is 12.8 Å². The lowest BCUT2D eigenvalue weighted by molar-refractivity contribution is -0.159. The van der Waals surface area contributed by atoms with Gasteiger partial charge in [0.1, 0.15) is 12.4 Å². The first-order valence-corrected chi connectivity index (χ1v) is 20.4. The third-order valence-corrected chi connectivity index (χ3v) is 12.5. The molecule has 0 unspecified atom stereocenters. The number of anilines is 1. The summed E-state index contributed by atoms with van der Waals surface area (Å²) in [7, 11) is -4.48. The molecule has 2 aliphatic rings. The van der Waals surface area contributed by atoms with Gasteiger partial charge in [0.15, 0.2) is 11.6 Å². The van der Waals surface area contributed by atoms with Gasteiger partial charge in [0.05, 0.1) is 35.0 Å². The maximum absolute atomic E-state index is 15.4. The maximum Gasteiger partial charge on any atom is 0.501 e. The van der Waals surface area contributed by atoms with E-state index in [0.29, 0.717) is 31.7 Å². The lowest BCUT2D eigenvalue weighted by Crippen LogP contribution is -2.55. The Morgan fingerprint density at radius 2 is 1.61 bits per heavy atom. The van der Waals surface area contributed by atoms with Crippen LogP contribution >= 0.6 is 0 Å². The fourth-order valence-corrected chi connectivity index (χ4v) is 8.28. The number of nitrogens with one attached hydrogen (secondary N) is 2. The number of sulfone groups is 1. The number of carbonyl (C=O) groups excluding carboxylic acids is 4. The van der Waals surface area contributed by atoms with Gasteiger partial charge in [-0.3, -0.25) is 19.2 Å². The van der Waals surface area contributed by atoms with E-state index in [1.807, 2.05) is 49.4 Å². The Morgan fingerprint density at radius 3 is 2.31 bits per heavy atom. The molecule has 4 aromatic rings. The molecule has 12 nitrogen and oxygen atoms in total. The molecule has 2 atom stereocenters. The van der Waals surface area contributed by atoms with Crippen LogP contribution in [-0.4, -0.2) is 74.9 Å². The molecule has 2 N–H and O–H groups in total. The molecule has 59 heavy (non-hydrogen) atoms. The van der Waals surface area contributed by atoms with Crippen LogP contribution in [-0.2, 0) is 35.6 Å². The minimum Gasteiger partial charge on any atom is -0.496 e. The number of fused-ring (bicyclic) bond motifs is 1. The molecule has 0 spiro atoms. The normalized spacial score (nSPS) is 21.0. The summed E-state index contributed by atoms with van der Waals surface area (Å²) in [4.78, 5) is 53.3. The Morgan fingerprint density at radius 1 is 0.915 bits per heavy atom. The number of halogens is 4. The molecule has 1 aliphatic heterocycles. The van der Waals surface area contributed by atoms with Crippen molar-refractivity contribution in [3.63, 3.8) is 0 Å². The Hall–Kier alpha value is -5.71. The van der Waals surface area contributed by atoms with E-state index in [0.717, 1.165) is 34.5 Å². The van der Waals surface area contributed by atoms with E-state index in [4.69, 9.17) is 14.2 Å². The fraction of sp³-hybridized carbons (Fsp3) is 0.381. The molecular formula is C42H43F4N3O9S. The number of hydrogen-bond acceptors (Lipinski definition) is 9. The van der Waals surface area contributed by atoms with E-state index in [9.17, 15) is 40.8 Å². The maximum atomic E-state index is 15.4. The van der Waals surface area contributed by atoms with Gasteiger partial charge in [-0.05, 0) is 79.6 Å². The highest BCUT2D eigenvalue weighted by Gasteiger charge is 2.47. The van der Waals surface area contributed by atoms with Gasteiger partial charge in [-0.2, -0.15) is 13.2 Å². The zero-order valence-corrected chi connectivity index (χ0v) is 33.3. The number of amides is 3. The van der Waals surface area contributed by atoms with E-state index in [2.05, 4.69) is 10.6 Å². The van der Waals surface area contributed by atoms with Crippen LogP contribution < -0.4 is 20.1 Å². The first-order chi connectivity index (χ1) is 27.9. The summed E-state index contributed by atoms with van der Waals surface area (Å²) in [6, 6.07) is 18.5. The fourth-order valence-electron chi connectivity index (χ4n) is 7.47. The number of carbonyl (C=O) groups is 4. The largest absolute Gasteiger partial charge is 0.501 e. The summed E-state index contributed by atoms with van der Waals surface area (Å²) in [5, 5.41) is 7.20. The van der Waals surface area contributed by atoms with Gasteiger partial charge < -0.3 is 29.7 Å². The Balaban J connectivity index is 1.12. The molecule has 2 fully saturated rings. The molecule has 1 saturated carbocycles. The highest BCUT2D eigenvalue weighted by molar-refractivity contribution is 7.92. The van der Waals surface area contributed by atoms with Crippen molar-refractivity contribution in [2.24, 2.45) is 11.3 Å². The Bertz CT molecular complexity index is 2360. The lowest BCUT2D eigenvalue weighted by Gasteiger charge is -2.37. The number of benzene rings is 4. The van der Waals surface area contributed by atoms with Crippen LogP contribution in [0.15, 0.2) is 83.8 Å². The van der Waals surface area contributed by atoms with Crippen molar-refractivity contribution in [2.75, 3.05) is 25.5 Å². The first kappa shape index (κ1) is 42.9. The number of methoxy groups -OCH3 is 1. The standard InChI is InChI=1S/C42H43F4N3O9S/c1-25(50)49-19-16-35(33(23-49)39(52)47-28-11-7-12-30(20-28)59(54,55)42(44,45)46)48-38(51)32-21-37(34(43)22-36(32)56-3)58-29-14-17-41(2,18-15-29)40(53)57-24-27-10-6-9-26-8-4-5-13-31(26)27/h4-13,20-22,29,33,35H,14-19,23-24H2,1-3H3,(H,47,52)(H,48,51)/t29-,33-,35+,41+/m0/s1. The second-order valence-electron chi connectivity index (χ2n) is 15.0. The molecule has 0 radical (unpaired) electrons. The molecule has 17 heteroatoms. The van der Waals surface area contributed by atoms with E-state index in [-0.39, 0.29) is 60.7 Å². The monoisotopic (exact) mass is 841 g/mol. The first-order valence-electron chi connectivity index (χ1n) is 18.9. The van der Waals surface area contributed by atoms with E-state index < -0.39 is 61.4 Å². The summed E-state index contributed by atoms with van der Waals surface area (Å²) in [6.07, 6.45) is 1.18. The van der Waals surface area contributed by atoms with Crippen LogP contribution in [0.25, 0.3) is 10.8 Å². The van der Waals surface area contributed by atoms with Crippen LogP contribution in [0.2, 0.25) is 0 Å². The lowest BCUT2D eigenvalue weighted by atomic mass is 9.74. The number of hydrogen-bond donors (Lipinski definition) is 2. The van der Waals surface area contributed by atoms with Gasteiger partial charge in [-0.15, -0.1) is 0 Å². The van der Waals surface area contributed by atoms with Crippen molar-refractivity contribution in [2.45, 2.75) is 75.1 Å². The number of rotatable bonds is 11. The minimum atomic E-state index is -5.71. The van der Waals surface area contributed by atoms with Gasteiger partial charge in [-0.1, -0.05) is 48.5 Å². The van der Waals surface area contributed by atoms with E-state index >= 15 is 4.39 Å². The zero-order valence-electron chi connectivity index (χ0n) is 32.4. The molecule has 6 rings (SSSR count). The summed E-state index contributed by atoms with van der Waals surface area (Å²) in [5.41, 5.74) is -5.86. The highest BCUT2D eigenvalue weighted by atomic mass is 32.2. The van der Waals surface area contributed by atoms with Crippen LogP contribution in [0.1, 0.15) is 61.9 Å². The third-order valence-electron chi connectivity index (χ3n) is 11.0.